The Morgan fingerprint density at radius 2 is 1.86 bits per heavy atom. The number of hydrogen-bond acceptors (Lipinski definition) is 4. The van der Waals surface area contributed by atoms with Crippen molar-refractivity contribution in [2.75, 3.05) is 31.1 Å². The highest BCUT2D eigenvalue weighted by molar-refractivity contribution is 7.71. The molecule has 1 aliphatic rings. The number of rotatable bonds is 4. The third-order valence-electron chi connectivity index (χ3n) is 4.08. The number of H-pyrrole nitrogens is 1. The van der Waals surface area contributed by atoms with Crippen molar-refractivity contribution >= 4 is 17.9 Å². The summed E-state index contributed by atoms with van der Waals surface area (Å²) < 4.78 is 15.7. The topological polar surface area (TPSA) is 40.1 Å². The highest BCUT2D eigenvalue weighted by Crippen LogP contribution is 2.17. The molecule has 5 nitrogen and oxygen atoms in total. The molecule has 7 heteroatoms. The van der Waals surface area contributed by atoms with Gasteiger partial charge in [0, 0.05) is 38.4 Å². The van der Waals surface area contributed by atoms with Crippen LogP contribution in [-0.2, 0) is 13.1 Å². The van der Waals surface area contributed by atoms with Gasteiger partial charge in [0.05, 0.1) is 6.54 Å². The minimum absolute atomic E-state index is 0.190. The van der Waals surface area contributed by atoms with Crippen LogP contribution in [-0.4, -0.2) is 45.8 Å². The SMILES string of the molecule is CCn1c(CN2CCN(c3ccc(F)cc3)CC2)n[nH]c1=S. The quantitative estimate of drug-likeness (QED) is 0.878. The zero-order chi connectivity index (χ0) is 15.5. The monoisotopic (exact) mass is 321 g/mol. The first-order chi connectivity index (χ1) is 10.7. The Balaban J connectivity index is 1.59. The fourth-order valence-electron chi connectivity index (χ4n) is 2.81. The van der Waals surface area contributed by atoms with Crippen molar-refractivity contribution in [3.63, 3.8) is 0 Å². The molecule has 1 aromatic carbocycles. The number of aromatic amines is 1. The number of aromatic nitrogens is 3. The lowest BCUT2D eigenvalue weighted by atomic mass is 10.2. The van der Waals surface area contributed by atoms with E-state index in [9.17, 15) is 4.39 Å². The van der Waals surface area contributed by atoms with Crippen LogP contribution in [0.5, 0.6) is 0 Å². The third kappa shape index (κ3) is 3.20. The van der Waals surface area contributed by atoms with Gasteiger partial charge in [0.25, 0.3) is 0 Å². The molecule has 0 amide bonds. The molecule has 1 fully saturated rings. The van der Waals surface area contributed by atoms with Crippen molar-refractivity contribution in [1.29, 1.82) is 0 Å². The molecule has 22 heavy (non-hydrogen) atoms. The Labute approximate surface area is 134 Å². The molecule has 0 spiro atoms. The van der Waals surface area contributed by atoms with Gasteiger partial charge in [0.2, 0.25) is 0 Å². The lowest BCUT2D eigenvalue weighted by molar-refractivity contribution is 0.240. The van der Waals surface area contributed by atoms with Gasteiger partial charge in [0.15, 0.2) is 4.77 Å². The second-order valence-electron chi connectivity index (χ2n) is 5.43. The molecule has 2 heterocycles. The van der Waals surface area contributed by atoms with Crippen molar-refractivity contribution in [1.82, 2.24) is 19.7 Å². The Bertz CT molecular complexity index is 670. The van der Waals surface area contributed by atoms with Crippen LogP contribution in [0.3, 0.4) is 0 Å². The van der Waals surface area contributed by atoms with E-state index in [1.807, 2.05) is 16.7 Å². The van der Waals surface area contributed by atoms with Gasteiger partial charge in [-0.3, -0.25) is 10.00 Å². The van der Waals surface area contributed by atoms with Crippen molar-refractivity contribution in [2.24, 2.45) is 0 Å². The van der Waals surface area contributed by atoms with Gasteiger partial charge >= 0.3 is 0 Å². The van der Waals surface area contributed by atoms with Crippen LogP contribution in [0.2, 0.25) is 0 Å². The molecule has 3 rings (SSSR count). The minimum Gasteiger partial charge on any atom is -0.369 e. The summed E-state index contributed by atoms with van der Waals surface area (Å²) in [6.07, 6.45) is 0. The highest BCUT2D eigenvalue weighted by atomic mass is 32.1. The van der Waals surface area contributed by atoms with E-state index in [2.05, 4.69) is 26.9 Å². The Morgan fingerprint density at radius 1 is 1.18 bits per heavy atom. The summed E-state index contributed by atoms with van der Waals surface area (Å²) in [5.41, 5.74) is 1.08. The van der Waals surface area contributed by atoms with Gasteiger partial charge < -0.3 is 9.47 Å². The smallest absolute Gasteiger partial charge is 0.195 e. The van der Waals surface area contributed by atoms with E-state index >= 15 is 0 Å². The first-order valence-electron chi connectivity index (χ1n) is 7.54. The Morgan fingerprint density at radius 3 is 2.50 bits per heavy atom. The number of benzene rings is 1. The van der Waals surface area contributed by atoms with Gasteiger partial charge in [-0.25, -0.2) is 4.39 Å². The molecule has 0 saturated carbocycles. The molecular weight excluding hydrogens is 301 g/mol. The maximum absolute atomic E-state index is 13.0. The molecule has 1 N–H and O–H groups in total. The summed E-state index contributed by atoms with van der Waals surface area (Å²) in [6.45, 7) is 7.49. The lowest BCUT2D eigenvalue weighted by Crippen LogP contribution is -2.46. The number of hydrogen-bond donors (Lipinski definition) is 1. The van der Waals surface area contributed by atoms with Crippen molar-refractivity contribution in [3.8, 4) is 0 Å². The largest absolute Gasteiger partial charge is 0.369 e. The second kappa shape index (κ2) is 6.58. The maximum atomic E-state index is 13.0. The van der Waals surface area contributed by atoms with Crippen LogP contribution in [0.1, 0.15) is 12.7 Å². The van der Waals surface area contributed by atoms with Gasteiger partial charge in [0.1, 0.15) is 11.6 Å². The predicted octanol–water partition coefficient (Wildman–Crippen LogP) is 2.42. The van der Waals surface area contributed by atoms with Gasteiger partial charge in [-0.15, -0.1) is 0 Å². The summed E-state index contributed by atoms with van der Waals surface area (Å²) in [6, 6.07) is 6.71. The summed E-state index contributed by atoms with van der Waals surface area (Å²) in [4.78, 5) is 4.66. The molecular formula is C15H20FN5S. The number of piperazine rings is 1. The Kier molecular flexibility index (Phi) is 4.54. The number of halogens is 1. The average molecular weight is 321 g/mol. The van der Waals surface area contributed by atoms with Crippen LogP contribution in [0.15, 0.2) is 24.3 Å². The van der Waals surface area contributed by atoms with Crippen molar-refractivity contribution < 1.29 is 4.39 Å². The number of nitrogens with one attached hydrogen (secondary N) is 1. The molecule has 1 aromatic heterocycles. The molecule has 0 atom stereocenters. The van der Waals surface area contributed by atoms with Crippen LogP contribution in [0, 0.1) is 10.6 Å². The third-order valence-corrected chi connectivity index (χ3v) is 4.39. The first-order valence-corrected chi connectivity index (χ1v) is 7.95. The molecule has 2 aromatic rings. The van der Waals surface area contributed by atoms with E-state index in [1.165, 1.54) is 12.1 Å². The van der Waals surface area contributed by atoms with E-state index in [0.717, 1.165) is 50.8 Å². The molecule has 0 bridgehead atoms. The van der Waals surface area contributed by atoms with Crippen LogP contribution >= 0.6 is 12.2 Å². The highest BCUT2D eigenvalue weighted by Gasteiger charge is 2.19. The lowest BCUT2D eigenvalue weighted by Gasteiger charge is -2.35. The maximum Gasteiger partial charge on any atom is 0.195 e. The Hall–Kier alpha value is -1.73. The van der Waals surface area contributed by atoms with Crippen LogP contribution in [0.4, 0.5) is 10.1 Å². The van der Waals surface area contributed by atoms with Crippen LogP contribution in [0.25, 0.3) is 0 Å². The fourth-order valence-corrected chi connectivity index (χ4v) is 3.09. The van der Waals surface area contributed by atoms with Crippen molar-refractivity contribution in [3.05, 3.63) is 40.7 Å². The molecule has 0 aliphatic carbocycles. The normalized spacial score (nSPS) is 16.2. The van der Waals surface area contributed by atoms with Gasteiger partial charge in [-0.2, -0.15) is 5.10 Å². The minimum atomic E-state index is -0.190. The van der Waals surface area contributed by atoms with E-state index in [4.69, 9.17) is 12.2 Å². The first kappa shape index (κ1) is 15.2. The van der Waals surface area contributed by atoms with E-state index in [0.29, 0.717) is 4.77 Å². The summed E-state index contributed by atoms with van der Waals surface area (Å²) in [7, 11) is 0. The molecule has 0 radical (unpaired) electrons. The molecule has 1 saturated heterocycles. The average Bonchev–Trinajstić information content (AvgIpc) is 2.89. The van der Waals surface area contributed by atoms with E-state index in [1.54, 1.807) is 0 Å². The summed E-state index contributed by atoms with van der Waals surface area (Å²) in [5.74, 6) is 0.799. The number of anilines is 1. The van der Waals surface area contributed by atoms with Crippen molar-refractivity contribution in [2.45, 2.75) is 20.0 Å². The summed E-state index contributed by atoms with van der Waals surface area (Å²) in [5, 5.41) is 7.18. The second-order valence-corrected chi connectivity index (χ2v) is 5.82. The fraction of sp³-hybridized carbons (Fsp3) is 0.467. The molecule has 118 valence electrons. The molecule has 1 aliphatic heterocycles. The van der Waals surface area contributed by atoms with E-state index < -0.39 is 0 Å². The van der Waals surface area contributed by atoms with Gasteiger partial charge in [-0.05, 0) is 43.4 Å². The standard InChI is InChI=1S/C15H20FN5S/c1-2-21-14(17-18-15(21)22)11-19-7-9-20(10-8-19)13-5-3-12(16)4-6-13/h3-6H,2,7-11H2,1H3,(H,18,22). The molecule has 0 unspecified atom stereocenters. The van der Waals surface area contributed by atoms with Gasteiger partial charge in [-0.1, -0.05) is 0 Å². The van der Waals surface area contributed by atoms with E-state index in [-0.39, 0.29) is 5.82 Å². The van der Waals surface area contributed by atoms with Crippen LogP contribution < -0.4 is 4.90 Å². The number of nitrogens with zero attached hydrogens (tertiary/aromatic N) is 4. The zero-order valence-corrected chi connectivity index (χ0v) is 13.4. The predicted molar refractivity (Wildman–Crippen MR) is 87.0 cm³/mol. The summed E-state index contributed by atoms with van der Waals surface area (Å²) >= 11 is 5.22. The zero-order valence-electron chi connectivity index (χ0n) is 12.6.